The fraction of sp³-hybridized carbons (Fsp3) is 0.0800. The molecular formula is C25H21N3O4. The molecule has 1 aromatic heterocycles. The van der Waals surface area contributed by atoms with Crippen molar-refractivity contribution < 1.29 is 19.4 Å². The molecule has 1 amide bonds. The standard InChI is InChI=1S/C25H21N3O4/c1-31-18-9-10-21-19(13-18)20(14-22(27-21)17-6-4-3-5-7-17)25(30)28-26-15-16-8-11-23(29)24(12-16)32-2/h3-15,29H,1-2H3,(H,28,30). The van der Waals surface area contributed by atoms with Gasteiger partial charge in [-0.3, -0.25) is 4.79 Å². The monoisotopic (exact) mass is 427 g/mol. The van der Waals surface area contributed by atoms with Gasteiger partial charge in [-0.05, 0) is 48.0 Å². The molecule has 0 aliphatic carbocycles. The average molecular weight is 427 g/mol. The Bertz CT molecular complexity index is 1300. The van der Waals surface area contributed by atoms with Crippen molar-refractivity contribution in [2.24, 2.45) is 5.10 Å². The number of rotatable bonds is 6. The number of hydrogen-bond acceptors (Lipinski definition) is 6. The van der Waals surface area contributed by atoms with E-state index in [1.807, 2.05) is 42.5 Å². The number of carbonyl (C=O) groups is 1. The predicted molar refractivity (Wildman–Crippen MR) is 123 cm³/mol. The van der Waals surface area contributed by atoms with Gasteiger partial charge in [-0.25, -0.2) is 10.4 Å². The van der Waals surface area contributed by atoms with E-state index in [-0.39, 0.29) is 11.7 Å². The number of ether oxygens (including phenoxy) is 2. The summed E-state index contributed by atoms with van der Waals surface area (Å²) in [5.41, 5.74) is 5.90. The van der Waals surface area contributed by atoms with Crippen LogP contribution in [0, 0.1) is 0 Å². The summed E-state index contributed by atoms with van der Waals surface area (Å²) < 4.78 is 10.4. The molecule has 160 valence electrons. The number of phenolic OH excluding ortho intramolecular Hbond substituents is 1. The van der Waals surface area contributed by atoms with Crippen molar-refractivity contribution in [1.29, 1.82) is 0 Å². The zero-order valence-corrected chi connectivity index (χ0v) is 17.6. The SMILES string of the molecule is COc1ccc2nc(-c3ccccc3)cc(C(=O)NN=Cc3ccc(O)c(OC)c3)c2c1. The molecule has 0 fully saturated rings. The van der Waals surface area contributed by atoms with E-state index < -0.39 is 0 Å². The molecule has 0 saturated carbocycles. The number of nitrogens with zero attached hydrogens (tertiary/aromatic N) is 2. The molecule has 7 heteroatoms. The maximum Gasteiger partial charge on any atom is 0.272 e. The Hall–Kier alpha value is -4.39. The van der Waals surface area contributed by atoms with Crippen LogP contribution in [0.15, 0.2) is 77.9 Å². The number of methoxy groups -OCH3 is 2. The fourth-order valence-corrected chi connectivity index (χ4v) is 3.28. The topological polar surface area (TPSA) is 93.0 Å². The molecule has 0 atom stereocenters. The first-order valence-electron chi connectivity index (χ1n) is 9.83. The number of carbonyl (C=O) groups excluding carboxylic acids is 1. The number of hydrogen-bond donors (Lipinski definition) is 2. The Kier molecular flexibility index (Phi) is 5.98. The van der Waals surface area contributed by atoms with Crippen molar-refractivity contribution in [2.75, 3.05) is 14.2 Å². The highest BCUT2D eigenvalue weighted by Gasteiger charge is 2.14. The van der Waals surface area contributed by atoms with Crippen molar-refractivity contribution in [2.45, 2.75) is 0 Å². The third-order valence-electron chi connectivity index (χ3n) is 4.91. The molecule has 1 heterocycles. The lowest BCUT2D eigenvalue weighted by Gasteiger charge is -2.10. The smallest absolute Gasteiger partial charge is 0.272 e. The summed E-state index contributed by atoms with van der Waals surface area (Å²) >= 11 is 0. The highest BCUT2D eigenvalue weighted by molar-refractivity contribution is 6.07. The van der Waals surface area contributed by atoms with Crippen molar-refractivity contribution in [3.05, 3.63) is 83.9 Å². The van der Waals surface area contributed by atoms with Crippen molar-refractivity contribution in [3.8, 4) is 28.5 Å². The lowest BCUT2D eigenvalue weighted by Crippen LogP contribution is -2.18. The van der Waals surface area contributed by atoms with Crippen LogP contribution in [0.3, 0.4) is 0 Å². The maximum absolute atomic E-state index is 13.1. The fourth-order valence-electron chi connectivity index (χ4n) is 3.28. The summed E-state index contributed by atoms with van der Waals surface area (Å²) in [6, 6.07) is 21.6. The molecule has 0 aliphatic rings. The molecule has 3 aromatic carbocycles. The van der Waals surface area contributed by atoms with Crippen LogP contribution < -0.4 is 14.9 Å². The van der Waals surface area contributed by atoms with Gasteiger partial charge in [0.25, 0.3) is 5.91 Å². The normalized spacial score (nSPS) is 10.9. The van der Waals surface area contributed by atoms with Crippen LogP contribution in [0.5, 0.6) is 17.2 Å². The van der Waals surface area contributed by atoms with Crippen LogP contribution in [0.2, 0.25) is 0 Å². The van der Waals surface area contributed by atoms with Gasteiger partial charge in [0.2, 0.25) is 0 Å². The Morgan fingerprint density at radius 2 is 1.81 bits per heavy atom. The van der Waals surface area contributed by atoms with E-state index in [9.17, 15) is 9.90 Å². The Balaban J connectivity index is 1.69. The number of amides is 1. The molecule has 0 spiro atoms. The van der Waals surface area contributed by atoms with Crippen LogP contribution >= 0.6 is 0 Å². The van der Waals surface area contributed by atoms with Gasteiger partial charge in [0, 0.05) is 10.9 Å². The molecular weight excluding hydrogens is 406 g/mol. The molecule has 0 aliphatic heterocycles. The summed E-state index contributed by atoms with van der Waals surface area (Å²) in [6.45, 7) is 0. The van der Waals surface area contributed by atoms with Gasteiger partial charge in [-0.1, -0.05) is 30.3 Å². The Morgan fingerprint density at radius 3 is 2.56 bits per heavy atom. The number of hydrazone groups is 1. The third-order valence-corrected chi connectivity index (χ3v) is 4.91. The number of aromatic hydroxyl groups is 1. The first kappa shape index (κ1) is 20.9. The predicted octanol–water partition coefficient (Wildman–Crippen LogP) is 4.39. The lowest BCUT2D eigenvalue weighted by atomic mass is 10.0. The van der Waals surface area contributed by atoms with Crippen molar-refractivity contribution in [3.63, 3.8) is 0 Å². The van der Waals surface area contributed by atoms with E-state index in [1.165, 1.54) is 19.4 Å². The van der Waals surface area contributed by atoms with Gasteiger partial charge in [0.05, 0.1) is 37.2 Å². The lowest BCUT2D eigenvalue weighted by molar-refractivity contribution is 0.0956. The van der Waals surface area contributed by atoms with E-state index in [0.717, 1.165) is 5.56 Å². The van der Waals surface area contributed by atoms with Crippen LogP contribution in [0.25, 0.3) is 22.2 Å². The van der Waals surface area contributed by atoms with Crippen LogP contribution in [-0.2, 0) is 0 Å². The van der Waals surface area contributed by atoms with E-state index in [1.54, 1.807) is 31.4 Å². The summed E-state index contributed by atoms with van der Waals surface area (Å²) in [7, 11) is 3.04. The van der Waals surface area contributed by atoms with Crippen LogP contribution in [-0.4, -0.2) is 36.4 Å². The third kappa shape index (κ3) is 4.37. The first-order chi connectivity index (χ1) is 15.6. The van der Waals surface area contributed by atoms with Gasteiger partial charge < -0.3 is 14.6 Å². The average Bonchev–Trinajstić information content (AvgIpc) is 2.84. The molecule has 32 heavy (non-hydrogen) atoms. The number of benzene rings is 3. The maximum atomic E-state index is 13.1. The summed E-state index contributed by atoms with van der Waals surface area (Å²) in [4.78, 5) is 17.8. The second kappa shape index (κ2) is 9.18. The summed E-state index contributed by atoms with van der Waals surface area (Å²) in [6.07, 6.45) is 1.47. The second-order valence-corrected chi connectivity index (χ2v) is 6.93. The number of pyridine rings is 1. The minimum absolute atomic E-state index is 0.0272. The van der Waals surface area contributed by atoms with E-state index in [4.69, 9.17) is 14.5 Å². The zero-order chi connectivity index (χ0) is 22.5. The Morgan fingerprint density at radius 1 is 1.00 bits per heavy atom. The largest absolute Gasteiger partial charge is 0.504 e. The van der Waals surface area contributed by atoms with Crippen molar-refractivity contribution >= 4 is 23.0 Å². The molecule has 7 nitrogen and oxygen atoms in total. The quantitative estimate of drug-likeness (QED) is 0.352. The molecule has 2 N–H and O–H groups in total. The zero-order valence-electron chi connectivity index (χ0n) is 17.6. The molecule has 0 saturated heterocycles. The highest BCUT2D eigenvalue weighted by Crippen LogP contribution is 2.28. The van der Waals surface area contributed by atoms with E-state index in [2.05, 4.69) is 10.5 Å². The minimum atomic E-state index is -0.384. The molecule has 0 radical (unpaired) electrons. The molecule has 0 bridgehead atoms. The van der Waals surface area contributed by atoms with Gasteiger partial charge in [-0.15, -0.1) is 0 Å². The molecule has 4 aromatic rings. The van der Waals surface area contributed by atoms with Gasteiger partial charge >= 0.3 is 0 Å². The number of fused-ring (bicyclic) bond motifs is 1. The second-order valence-electron chi connectivity index (χ2n) is 6.93. The Labute approximate surface area is 185 Å². The first-order valence-corrected chi connectivity index (χ1v) is 9.83. The minimum Gasteiger partial charge on any atom is -0.504 e. The van der Waals surface area contributed by atoms with E-state index >= 15 is 0 Å². The highest BCUT2D eigenvalue weighted by atomic mass is 16.5. The number of aromatic nitrogens is 1. The summed E-state index contributed by atoms with van der Waals surface area (Å²) in [5.74, 6) is 0.588. The van der Waals surface area contributed by atoms with Crippen LogP contribution in [0.4, 0.5) is 0 Å². The number of nitrogens with one attached hydrogen (secondary N) is 1. The summed E-state index contributed by atoms with van der Waals surface area (Å²) in [5, 5.41) is 14.4. The molecule has 0 unspecified atom stereocenters. The number of phenols is 1. The van der Waals surface area contributed by atoms with Gasteiger partial charge in [0.15, 0.2) is 11.5 Å². The van der Waals surface area contributed by atoms with Crippen LogP contribution in [0.1, 0.15) is 15.9 Å². The van der Waals surface area contributed by atoms with Crippen molar-refractivity contribution in [1.82, 2.24) is 10.4 Å². The van der Waals surface area contributed by atoms with Gasteiger partial charge in [0.1, 0.15) is 5.75 Å². The molecule has 4 rings (SSSR count). The van der Waals surface area contributed by atoms with Gasteiger partial charge in [-0.2, -0.15) is 5.10 Å². The van der Waals surface area contributed by atoms with E-state index in [0.29, 0.717) is 39.2 Å².